The number of rotatable bonds is 2. The Balaban J connectivity index is 2.23. The molecule has 2 heterocycles. The summed E-state index contributed by atoms with van der Waals surface area (Å²) >= 11 is 0. The Morgan fingerprint density at radius 3 is 3.15 bits per heavy atom. The molecule has 0 saturated carbocycles. The fraction of sp³-hybridized carbons (Fsp3) is 0.333. The zero-order valence-corrected chi connectivity index (χ0v) is 7.29. The highest BCUT2D eigenvalue weighted by atomic mass is 16.5. The SMILES string of the molecule is C=Cc1noc(C2=CCCNC2)n1. The van der Waals surface area contributed by atoms with Crippen LogP contribution in [0.4, 0.5) is 0 Å². The number of hydrogen-bond donors (Lipinski definition) is 1. The van der Waals surface area contributed by atoms with Crippen molar-refractivity contribution in [3.05, 3.63) is 24.4 Å². The lowest BCUT2D eigenvalue weighted by Crippen LogP contribution is -2.21. The molecule has 0 aromatic carbocycles. The molecule has 0 amide bonds. The monoisotopic (exact) mass is 177 g/mol. The van der Waals surface area contributed by atoms with Crippen molar-refractivity contribution in [2.24, 2.45) is 0 Å². The predicted octanol–water partition coefficient (Wildman–Crippen LogP) is 1.09. The Morgan fingerprint density at radius 2 is 2.54 bits per heavy atom. The van der Waals surface area contributed by atoms with Crippen LogP contribution in [0.3, 0.4) is 0 Å². The molecule has 0 atom stereocenters. The summed E-state index contributed by atoms with van der Waals surface area (Å²) in [6.07, 6.45) is 4.71. The smallest absolute Gasteiger partial charge is 0.255 e. The molecule has 0 radical (unpaired) electrons. The topological polar surface area (TPSA) is 51.0 Å². The molecule has 1 N–H and O–H groups in total. The van der Waals surface area contributed by atoms with Crippen LogP contribution in [0.1, 0.15) is 18.1 Å². The van der Waals surface area contributed by atoms with E-state index in [1.165, 1.54) is 0 Å². The molecule has 0 bridgehead atoms. The maximum Gasteiger partial charge on any atom is 0.255 e. The van der Waals surface area contributed by atoms with E-state index < -0.39 is 0 Å². The van der Waals surface area contributed by atoms with Crippen LogP contribution < -0.4 is 5.32 Å². The van der Waals surface area contributed by atoms with Crippen molar-refractivity contribution < 1.29 is 4.52 Å². The largest absolute Gasteiger partial charge is 0.334 e. The first kappa shape index (κ1) is 8.19. The number of hydrogen-bond acceptors (Lipinski definition) is 4. The second-order valence-electron chi connectivity index (χ2n) is 2.86. The predicted molar refractivity (Wildman–Crippen MR) is 49.9 cm³/mol. The van der Waals surface area contributed by atoms with Gasteiger partial charge in [-0.25, -0.2) is 0 Å². The van der Waals surface area contributed by atoms with Gasteiger partial charge in [-0.1, -0.05) is 17.8 Å². The van der Waals surface area contributed by atoms with Gasteiger partial charge in [0.25, 0.3) is 5.89 Å². The highest BCUT2D eigenvalue weighted by Gasteiger charge is 2.11. The minimum Gasteiger partial charge on any atom is -0.334 e. The van der Waals surface area contributed by atoms with E-state index in [-0.39, 0.29) is 0 Å². The van der Waals surface area contributed by atoms with E-state index in [1.807, 2.05) is 0 Å². The Kier molecular flexibility index (Phi) is 2.23. The summed E-state index contributed by atoms with van der Waals surface area (Å²) in [4.78, 5) is 4.15. The van der Waals surface area contributed by atoms with Crippen molar-refractivity contribution in [1.29, 1.82) is 0 Å². The molecule has 2 rings (SSSR count). The molecule has 1 aliphatic heterocycles. The maximum absolute atomic E-state index is 5.05. The van der Waals surface area contributed by atoms with Crippen LogP contribution in [0.5, 0.6) is 0 Å². The van der Waals surface area contributed by atoms with Gasteiger partial charge < -0.3 is 9.84 Å². The number of nitrogens with zero attached hydrogens (tertiary/aromatic N) is 2. The molecule has 0 fully saturated rings. The first-order valence-electron chi connectivity index (χ1n) is 4.26. The Bertz CT molecular complexity index is 340. The van der Waals surface area contributed by atoms with Gasteiger partial charge in [-0.05, 0) is 19.0 Å². The van der Waals surface area contributed by atoms with Crippen LogP contribution in [0.25, 0.3) is 11.6 Å². The first-order valence-corrected chi connectivity index (χ1v) is 4.26. The molecular formula is C9H11N3O. The van der Waals surface area contributed by atoms with Gasteiger partial charge in [0.05, 0.1) is 0 Å². The molecule has 4 heteroatoms. The van der Waals surface area contributed by atoms with Gasteiger partial charge in [0.2, 0.25) is 0 Å². The number of nitrogens with one attached hydrogen (secondary N) is 1. The molecule has 0 spiro atoms. The van der Waals surface area contributed by atoms with E-state index in [0.29, 0.717) is 11.7 Å². The number of aromatic nitrogens is 2. The molecular weight excluding hydrogens is 166 g/mol. The Labute approximate surface area is 76.3 Å². The third-order valence-electron chi connectivity index (χ3n) is 1.93. The molecule has 0 unspecified atom stereocenters. The minimum absolute atomic E-state index is 0.543. The van der Waals surface area contributed by atoms with Crippen molar-refractivity contribution in [2.45, 2.75) is 6.42 Å². The lowest BCUT2D eigenvalue weighted by Gasteiger charge is -2.09. The van der Waals surface area contributed by atoms with Gasteiger partial charge in [0, 0.05) is 12.1 Å². The van der Waals surface area contributed by atoms with Crippen LogP contribution in [0, 0.1) is 0 Å². The van der Waals surface area contributed by atoms with Crippen LogP contribution in [-0.2, 0) is 0 Å². The summed E-state index contributed by atoms with van der Waals surface area (Å²) in [6.45, 7) is 5.39. The maximum atomic E-state index is 5.05. The van der Waals surface area contributed by atoms with E-state index in [9.17, 15) is 0 Å². The fourth-order valence-electron chi connectivity index (χ4n) is 1.25. The van der Waals surface area contributed by atoms with E-state index >= 15 is 0 Å². The van der Waals surface area contributed by atoms with Crippen molar-refractivity contribution in [3.63, 3.8) is 0 Å². The van der Waals surface area contributed by atoms with Gasteiger partial charge in [-0.15, -0.1) is 0 Å². The van der Waals surface area contributed by atoms with Crippen molar-refractivity contribution >= 4 is 11.6 Å². The molecule has 0 saturated heterocycles. The molecule has 1 aromatic heterocycles. The summed E-state index contributed by atoms with van der Waals surface area (Å²) < 4.78 is 5.05. The van der Waals surface area contributed by atoms with Crippen molar-refractivity contribution in [1.82, 2.24) is 15.5 Å². The third-order valence-corrected chi connectivity index (χ3v) is 1.93. The average Bonchev–Trinajstić information content (AvgIpc) is 2.67. The zero-order chi connectivity index (χ0) is 9.10. The highest BCUT2D eigenvalue weighted by molar-refractivity contribution is 5.61. The minimum atomic E-state index is 0.543. The van der Waals surface area contributed by atoms with Gasteiger partial charge in [-0.3, -0.25) is 0 Å². The van der Waals surface area contributed by atoms with Crippen LogP contribution in [0.2, 0.25) is 0 Å². The highest BCUT2D eigenvalue weighted by Crippen LogP contribution is 2.14. The molecule has 0 aliphatic carbocycles. The van der Waals surface area contributed by atoms with E-state index in [1.54, 1.807) is 6.08 Å². The Morgan fingerprint density at radius 1 is 1.62 bits per heavy atom. The fourth-order valence-corrected chi connectivity index (χ4v) is 1.25. The summed E-state index contributed by atoms with van der Waals surface area (Å²) in [6, 6.07) is 0. The van der Waals surface area contributed by atoms with Crippen LogP contribution in [0.15, 0.2) is 17.2 Å². The van der Waals surface area contributed by atoms with E-state index in [2.05, 4.69) is 28.1 Å². The van der Waals surface area contributed by atoms with E-state index in [4.69, 9.17) is 4.52 Å². The summed E-state index contributed by atoms with van der Waals surface area (Å²) in [5.41, 5.74) is 1.08. The standard InChI is InChI=1S/C9H11N3O/c1-2-8-11-9(13-12-8)7-4-3-5-10-6-7/h2,4,10H,1,3,5-6H2. The van der Waals surface area contributed by atoms with Crippen molar-refractivity contribution in [3.8, 4) is 0 Å². The average molecular weight is 177 g/mol. The van der Waals surface area contributed by atoms with E-state index in [0.717, 1.165) is 25.1 Å². The first-order chi connectivity index (χ1) is 6.40. The Hall–Kier alpha value is -1.42. The van der Waals surface area contributed by atoms with Gasteiger partial charge in [0.15, 0.2) is 5.82 Å². The summed E-state index contributed by atoms with van der Waals surface area (Å²) in [5, 5.41) is 6.98. The molecule has 4 nitrogen and oxygen atoms in total. The van der Waals surface area contributed by atoms with Gasteiger partial charge >= 0.3 is 0 Å². The molecule has 1 aromatic rings. The lowest BCUT2D eigenvalue weighted by atomic mass is 10.1. The second kappa shape index (κ2) is 3.53. The third kappa shape index (κ3) is 1.67. The normalized spacial score (nSPS) is 16.8. The summed E-state index contributed by atoms with van der Waals surface area (Å²) in [7, 11) is 0. The summed E-state index contributed by atoms with van der Waals surface area (Å²) in [5.74, 6) is 1.14. The van der Waals surface area contributed by atoms with Gasteiger partial charge in [-0.2, -0.15) is 4.98 Å². The quantitative estimate of drug-likeness (QED) is 0.734. The van der Waals surface area contributed by atoms with Crippen molar-refractivity contribution in [2.75, 3.05) is 13.1 Å². The molecule has 13 heavy (non-hydrogen) atoms. The van der Waals surface area contributed by atoms with Crippen LogP contribution in [-0.4, -0.2) is 23.2 Å². The second-order valence-corrected chi connectivity index (χ2v) is 2.86. The van der Waals surface area contributed by atoms with Gasteiger partial charge in [0.1, 0.15) is 0 Å². The zero-order valence-electron chi connectivity index (χ0n) is 7.29. The lowest BCUT2D eigenvalue weighted by molar-refractivity contribution is 0.403. The van der Waals surface area contributed by atoms with Crippen LogP contribution >= 0.6 is 0 Å². The molecule has 68 valence electrons. The molecule has 1 aliphatic rings.